The van der Waals surface area contributed by atoms with Gasteiger partial charge in [-0.05, 0) is 37.1 Å². The van der Waals surface area contributed by atoms with Gasteiger partial charge in [0.1, 0.15) is 5.56 Å². The smallest absolute Gasteiger partial charge is 0.260 e. The van der Waals surface area contributed by atoms with Crippen LogP contribution in [0.25, 0.3) is 0 Å². The molecule has 0 bridgehead atoms. The van der Waals surface area contributed by atoms with Crippen LogP contribution < -0.4 is 5.56 Å². The van der Waals surface area contributed by atoms with Gasteiger partial charge in [0.2, 0.25) is 0 Å². The summed E-state index contributed by atoms with van der Waals surface area (Å²) >= 11 is 0. The maximum atomic E-state index is 12.5. The van der Waals surface area contributed by atoms with E-state index in [1.807, 2.05) is 18.2 Å². The number of pyridine rings is 2. The maximum Gasteiger partial charge on any atom is 0.260 e. The Kier molecular flexibility index (Phi) is 3.33. The SMILES string of the molecule is O=C(c1ccc[nH]c1=O)N1CCCC1c1ccccn1. The molecule has 1 amide bonds. The molecule has 1 atom stereocenters. The van der Waals surface area contributed by atoms with Crippen molar-refractivity contribution in [2.45, 2.75) is 18.9 Å². The van der Waals surface area contributed by atoms with E-state index in [4.69, 9.17) is 0 Å². The van der Waals surface area contributed by atoms with E-state index in [9.17, 15) is 9.59 Å². The Morgan fingerprint density at radius 1 is 1.30 bits per heavy atom. The number of nitrogens with zero attached hydrogens (tertiary/aromatic N) is 2. The highest BCUT2D eigenvalue weighted by Gasteiger charge is 2.32. The zero-order valence-electron chi connectivity index (χ0n) is 11.0. The summed E-state index contributed by atoms with van der Waals surface area (Å²) in [5, 5.41) is 0. The van der Waals surface area contributed by atoms with Crippen LogP contribution in [0.1, 0.15) is 34.9 Å². The first-order valence-electron chi connectivity index (χ1n) is 6.67. The molecule has 102 valence electrons. The number of rotatable bonds is 2. The summed E-state index contributed by atoms with van der Waals surface area (Å²) < 4.78 is 0. The molecule has 5 heteroatoms. The molecule has 0 saturated carbocycles. The monoisotopic (exact) mass is 269 g/mol. The molecule has 1 unspecified atom stereocenters. The fourth-order valence-corrected chi connectivity index (χ4v) is 2.64. The summed E-state index contributed by atoms with van der Waals surface area (Å²) in [4.78, 5) is 32.9. The predicted octanol–water partition coefficient (Wildman–Crippen LogP) is 1.75. The third-order valence-corrected chi connectivity index (χ3v) is 3.59. The van der Waals surface area contributed by atoms with Crippen molar-refractivity contribution in [3.63, 3.8) is 0 Å². The van der Waals surface area contributed by atoms with Crippen LogP contribution in [0.2, 0.25) is 0 Å². The second-order valence-corrected chi connectivity index (χ2v) is 4.82. The lowest BCUT2D eigenvalue weighted by molar-refractivity contribution is 0.0731. The Balaban J connectivity index is 1.92. The molecular formula is C15H15N3O2. The summed E-state index contributed by atoms with van der Waals surface area (Å²) in [6, 6.07) is 8.88. The first-order chi connectivity index (χ1) is 9.77. The van der Waals surface area contributed by atoms with Gasteiger partial charge in [0, 0.05) is 18.9 Å². The number of aromatic amines is 1. The number of likely N-dealkylation sites (tertiary alicyclic amines) is 1. The van der Waals surface area contributed by atoms with Crippen LogP contribution in [0.15, 0.2) is 47.5 Å². The van der Waals surface area contributed by atoms with Gasteiger partial charge in [-0.15, -0.1) is 0 Å². The van der Waals surface area contributed by atoms with Crippen molar-refractivity contribution in [3.05, 3.63) is 64.3 Å². The minimum absolute atomic E-state index is 0.0386. The fourth-order valence-electron chi connectivity index (χ4n) is 2.64. The number of carbonyl (C=O) groups is 1. The van der Waals surface area contributed by atoms with E-state index in [2.05, 4.69) is 9.97 Å². The second-order valence-electron chi connectivity index (χ2n) is 4.82. The van der Waals surface area contributed by atoms with Crippen molar-refractivity contribution in [2.24, 2.45) is 0 Å². The average molecular weight is 269 g/mol. The van der Waals surface area contributed by atoms with Crippen LogP contribution in [0.5, 0.6) is 0 Å². The largest absolute Gasteiger partial charge is 0.330 e. The number of aromatic nitrogens is 2. The molecule has 20 heavy (non-hydrogen) atoms. The number of nitrogens with one attached hydrogen (secondary N) is 1. The molecule has 0 aliphatic carbocycles. The molecule has 1 aliphatic rings. The zero-order chi connectivity index (χ0) is 13.9. The highest BCUT2D eigenvalue weighted by atomic mass is 16.2. The van der Waals surface area contributed by atoms with Gasteiger partial charge in [-0.1, -0.05) is 6.07 Å². The molecule has 1 fully saturated rings. The molecule has 1 aliphatic heterocycles. The lowest BCUT2D eigenvalue weighted by Gasteiger charge is -2.24. The Labute approximate surface area is 116 Å². The summed E-state index contributed by atoms with van der Waals surface area (Å²) in [7, 11) is 0. The van der Waals surface area contributed by atoms with Crippen LogP contribution in [0.4, 0.5) is 0 Å². The van der Waals surface area contributed by atoms with E-state index >= 15 is 0 Å². The molecule has 0 spiro atoms. The van der Waals surface area contributed by atoms with Crippen LogP contribution >= 0.6 is 0 Å². The molecule has 3 heterocycles. The number of hydrogen-bond acceptors (Lipinski definition) is 3. The fraction of sp³-hybridized carbons (Fsp3) is 0.267. The summed E-state index contributed by atoms with van der Waals surface area (Å²) in [5.74, 6) is -0.222. The topological polar surface area (TPSA) is 66.1 Å². The van der Waals surface area contributed by atoms with Gasteiger partial charge in [0.05, 0.1) is 11.7 Å². The van der Waals surface area contributed by atoms with E-state index in [1.165, 1.54) is 6.20 Å². The Morgan fingerprint density at radius 3 is 2.95 bits per heavy atom. The lowest BCUT2D eigenvalue weighted by Crippen LogP contribution is -2.34. The van der Waals surface area contributed by atoms with E-state index in [1.54, 1.807) is 23.2 Å². The first-order valence-corrected chi connectivity index (χ1v) is 6.67. The number of carbonyl (C=O) groups excluding carboxylic acids is 1. The van der Waals surface area contributed by atoms with Crippen molar-refractivity contribution in [3.8, 4) is 0 Å². The van der Waals surface area contributed by atoms with Gasteiger partial charge in [-0.3, -0.25) is 14.6 Å². The number of hydrogen-bond donors (Lipinski definition) is 1. The number of H-pyrrole nitrogens is 1. The van der Waals surface area contributed by atoms with Crippen LogP contribution in [0, 0.1) is 0 Å². The van der Waals surface area contributed by atoms with Gasteiger partial charge in [-0.2, -0.15) is 0 Å². The quantitative estimate of drug-likeness (QED) is 0.903. The van der Waals surface area contributed by atoms with E-state index in [0.29, 0.717) is 6.54 Å². The molecule has 0 aromatic carbocycles. The molecule has 2 aromatic rings. The first kappa shape index (κ1) is 12.6. The van der Waals surface area contributed by atoms with Crippen molar-refractivity contribution >= 4 is 5.91 Å². The average Bonchev–Trinajstić information content (AvgIpc) is 2.97. The van der Waals surface area contributed by atoms with E-state index in [-0.39, 0.29) is 23.1 Å². The van der Waals surface area contributed by atoms with Crippen molar-refractivity contribution < 1.29 is 4.79 Å². The maximum absolute atomic E-state index is 12.5. The molecule has 3 rings (SSSR count). The lowest BCUT2D eigenvalue weighted by atomic mass is 10.1. The third kappa shape index (κ3) is 2.22. The molecular weight excluding hydrogens is 254 g/mol. The molecule has 1 saturated heterocycles. The van der Waals surface area contributed by atoms with Gasteiger partial charge < -0.3 is 9.88 Å². The standard InChI is InChI=1S/C15H15N3O2/c19-14-11(5-3-9-17-14)15(20)18-10-4-7-13(18)12-6-1-2-8-16-12/h1-3,5-6,8-9,13H,4,7,10H2,(H,17,19). The van der Waals surface area contributed by atoms with Gasteiger partial charge in [0.15, 0.2) is 0 Å². The highest BCUT2D eigenvalue weighted by molar-refractivity contribution is 5.94. The Morgan fingerprint density at radius 2 is 2.20 bits per heavy atom. The van der Waals surface area contributed by atoms with E-state index in [0.717, 1.165) is 18.5 Å². The zero-order valence-corrected chi connectivity index (χ0v) is 11.0. The second kappa shape index (κ2) is 5.28. The van der Waals surface area contributed by atoms with Crippen LogP contribution in [0.3, 0.4) is 0 Å². The van der Waals surface area contributed by atoms with E-state index < -0.39 is 0 Å². The Hall–Kier alpha value is -2.43. The van der Waals surface area contributed by atoms with Crippen LogP contribution in [-0.2, 0) is 0 Å². The predicted molar refractivity (Wildman–Crippen MR) is 74.3 cm³/mol. The molecule has 2 aromatic heterocycles. The van der Waals surface area contributed by atoms with Gasteiger partial charge in [-0.25, -0.2) is 0 Å². The molecule has 5 nitrogen and oxygen atoms in total. The normalized spacial score (nSPS) is 18.2. The van der Waals surface area contributed by atoms with Crippen molar-refractivity contribution in [2.75, 3.05) is 6.54 Å². The van der Waals surface area contributed by atoms with Crippen molar-refractivity contribution in [1.29, 1.82) is 0 Å². The summed E-state index contributed by atoms with van der Waals surface area (Å²) in [5.41, 5.74) is 0.727. The summed E-state index contributed by atoms with van der Waals surface area (Å²) in [6.07, 6.45) is 5.07. The van der Waals surface area contributed by atoms with Crippen LogP contribution in [-0.4, -0.2) is 27.3 Å². The van der Waals surface area contributed by atoms with Gasteiger partial charge >= 0.3 is 0 Å². The summed E-state index contributed by atoms with van der Waals surface area (Å²) in [6.45, 7) is 0.661. The minimum atomic E-state index is -0.343. The molecule has 0 radical (unpaired) electrons. The van der Waals surface area contributed by atoms with Gasteiger partial charge in [0.25, 0.3) is 11.5 Å². The molecule has 1 N–H and O–H groups in total. The van der Waals surface area contributed by atoms with Crippen molar-refractivity contribution in [1.82, 2.24) is 14.9 Å². The third-order valence-electron chi connectivity index (χ3n) is 3.59. The highest BCUT2D eigenvalue weighted by Crippen LogP contribution is 2.31. The number of amides is 1. The minimum Gasteiger partial charge on any atom is -0.330 e. The Bertz CT molecular complexity index is 666.